The van der Waals surface area contributed by atoms with Crippen LogP contribution in [0.2, 0.25) is 0 Å². The molecule has 1 fully saturated rings. The Labute approximate surface area is 244 Å². The molecular weight excluding hydrogens is 493 g/mol. The standard InChI is InChI=1S/C29H35FN2.C4H6.C3H9N/c1-6-20(3)27(7-2)28-18-29(25(19-31)16-21(28)4)22(5)32-14-12-24(13-15-32)17-23-8-10-26(30)11-9-23;1-3-4-2;1-4(2)3/h6-11,16,18,24H,1,3,5,12-15,17,19,31H2,2,4H3;1H,4H2,2H3;1-3H3/b27-7-;;. The van der Waals surface area contributed by atoms with Crippen LogP contribution in [0.4, 0.5) is 4.39 Å². The summed E-state index contributed by atoms with van der Waals surface area (Å²) in [5, 5.41) is 0. The number of terminal acetylenes is 1. The second kappa shape index (κ2) is 18.1. The highest BCUT2D eigenvalue weighted by Gasteiger charge is 2.23. The summed E-state index contributed by atoms with van der Waals surface area (Å²) < 4.78 is 13.2. The van der Waals surface area contributed by atoms with Crippen molar-refractivity contribution in [3.05, 3.63) is 107 Å². The number of rotatable bonds is 8. The summed E-state index contributed by atoms with van der Waals surface area (Å²) in [4.78, 5) is 4.38. The molecule has 1 heterocycles. The van der Waals surface area contributed by atoms with E-state index in [0.717, 1.165) is 72.3 Å². The van der Waals surface area contributed by atoms with Gasteiger partial charge in [0.05, 0.1) is 0 Å². The van der Waals surface area contributed by atoms with E-state index in [-0.39, 0.29) is 5.82 Å². The van der Waals surface area contributed by atoms with Crippen LogP contribution in [0.3, 0.4) is 0 Å². The monoisotopic (exact) mass is 543 g/mol. The maximum absolute atomic E-state index is 13.2. The number of hydrogen-bond donors (Lipinski definition) is 1. The second-order valence-electron chi connectivity index (χ2n) is 10.6. The zero-order valence-electron chi connectivity index (χ0n) is 25.7. The molecule has 2 aromatic rings. The van der Waals surface area contributed by atoms with Crippen LogP contribution in [0.15, 0.2) is 73.9 Å². The molecule has 1 aliphatic rings. The number of aryl methyl sites for hydroxylation is 1. The van der Waals surface area contributed by atoms with Crippen LogP contribution in [0.25, 0.3) is 11.3 Å². The Morgan fingerprint density at radius 3 is 2.12 bits per heavy atom. The number of nitrogens with zero attached hydrogens (tertiary/aromatic N) is 2. The van der Waals surface area contributed by atoms with Gasteiger partial charge in [-0.2, -0.15) is 0 Å². The smallest absolute Gasteiger partial charge is 0.123 e. The summed E-state index contributed by atoms with van der Waals surface area (Å²) >= 11 is 0. The molecule has 216 valence electrons. The molecule has 1 aliphatic heterocycles. The van der Waals surface area contributed by atoms with Gasteiger partial charge in [0.15, 0.2) is 0 Å². The molecule has 0 unspecified atom stereocenters. The Balaban J connectivity index is 0.000000883. The van der Waals surface area contributed by atoms with Crippen LogP contribution in [-0.2, 0) is 13.0 Å². The first kappa shape index (κ1) is 34.6. The third-order valence-corrected chi connectivity index (χ3v) is 6.79. The summed E-state index contributed by atoms with van der Waals surface area (Å²) in [6.45, 7) is 21.0. The molecule has 0 bridgehead atoms. The van der Waals surface area contributed by atoms with E-state index in [0.29, 0.717) is 12.5 Å². The maximum atomic E-state index is 13.2. The molecule has 40 heavy (non-hydrogen) atoms. The molecule has 0 aliphatic carbocycles. The van der Waals surface area contributed by atoms with E-state index in [4.69, 9.17) is 12.2 Å². The lowest BCUT2D eigenvalue weighted by Gasteiger charge is -2.35. The van der Waals surface area contributed by atoms with E-state index in [9.17, 15) is 4.39 Å². The Kier molecular flexibility index (Phi) is 15.6. The Hall–Kier alpha value is -3.39. The number of hydrogen-bond acceptors (Lipinski definition) is 3. The summed E-state index contributed by atoms with van der Waals surface area (Å²) in [5.41, 5.74) is 14.9. The lowest BCUT2D eigenvalue weighted by atomic mass is 9.88. The van der Waals surface area contributed by atoms with E-state index in [2.05, 4.69) is 55.7 Å². The van der Waals surface area contributed by atoms with E-state index < -0.39 is 0 Å². The van der Waals surface area contributed by atoms with Crippen molar-refractivity contribution < 1.29 is 4.39 Å². The molecule has 0 spiro atoms. The van der Waals surface area contributed by atoms with Crippen LogP contribution in [0.1, 0.15) is 60.9 Å². The lowest BCUT2D eigenvalue weighted by molar-refractivity contribution is 0.254. The van der Waals surface area contributed by atoms with Crippen molar-refractivity contribution in [2.75, 3.05) is 34.2 Å². The van der Waals surface area contributed by atoms with Gasteiger partial charge in [-0.1, -0.05) is 57.0 Å². The number of benzene rings is 2. The molecular formula is C36H50FN3. The van der Waals surface area contributed by atoms with E-state index >= 15 is 0 Å². The predicted octanol–water partition coefficient (Wildman–Crippen LogP) is 7.87. The topological polar surface area (TPSA) is 32.5 Å². The highest BCUT2D eigenvalue weighted by Crippen LogP contribution is 2.33. The zero-order valence-corrected chi connectivity index (χ0v) is 25.7. The van der Waals surface area contributed by atoms with Gasteiger partial charge in [-0.05, 0) is 112 Å². The fraction of sp³-hybridized carbons (Fsp3) is 0.389. The highest BCUT2D eigenvalue weighted by molar-refractivity contribution is 5.84. The van der Waals surface area contributed by atoms with Gasteiger partial charge in [-0.25, -0.2) is 4.39 Å². The van der Waals surface area contributed by atoms with E-state index in [1.54, 1.807) is 18.2 Å². The van der Waals surface area contributed by atoms with Gasteiger partial charge >= 0.3 is 0 Å². The number of piperidine rings is 1. The van der Waals surface area contributed by atoms with Crippen molar-refractivity contribution >= 4 is 11.3 Å². The predicted molar refractivity (Wildman–Crippen MR) is 174 cm³/mol. The number of likely N-dealkylation sites (tertiary alicyclic amines) is 1. The molecule has 3 rings (SSSR count). The van der Waals surface area contributed by atoms with E-state index in [1.165, 1.54) is 11.1 Å². The third-order valence-electron chi connectivity index (χ3n) is 6.79. The summed E-state index contributed by atoms with van der Waals surface area (Å²) in [7, 11) is 6.00. The second-order valence-corrected chi connectivity index (χ2v) is 10.6. The van der Waals surface area contributed by atoms with Crippen LogP contribution in [0, 0.1) is 31.0 Å². The van der Waals surface area contributed by atoms with Gasteiger partial charge in [0.1, 0.15) is 5.82 Å². The Morgan fingerprint density at radius 2 is 1.68 bits per heavy atom. The molecule has 3 nitrogen and oxygen atoms in total. The maximum Gasteiger partial charge on any atom is 0.123 e. The first-order valence-electron chi connectivity index (χ1n) is 14.1. The van der Waals surface area contributed by atoms with Crippen molar-refractivity contribution in [1.82, 2.24) is 9.80 Å². The first-order valence-corrected chi connectivity index (χ1v) is 14.1. The SMILES string of the molecule is C#CCC.C=CC(=C)/C(=C/C)c1cc(C(=C)N2CCC(Cc3ccc(F)cc3)CC2)c(CN)cc1C.CN(C)C. The minimum atomic E-state index is -0.175. The van der Waals surface area contributed by atoms with Crippen LogP contribution < -0.4 is 5.73 Å². The van der Waals surface area contributed by atoms with Crippen molar-refractivity contribution in [2.45, 2.75) is 53.0 Å². The van der Waals surface area contributed by atoms with Crippen LogP contribution in [0.5, 0.6) is 0 Å². The summed E-state index contributed by atoms with van der Waals surface area (Å²) in [6, 6.07) is 11.3. The molecule has 2 aromatic carbocycles. The molecule has 0 atom stereocenters. The number of nitrogens with two attached hydrogens (primary N) is 1. The molecule has 4 heteroatoms. The average Bonchev–Trinajstić information content (AvgIpc) is 2.95. The minimum Gasteiger partial charge on any atom is -0.372 e. The molecule has 0 amide bonds. The summed E-state index contributed by atoms with van der Waals surface area (Å²) in [5.74, 6) is 2.86. The molecule has 0 radical (unpaired) electrons. The number of halogens is 1. The normalized spacial score (nSPS) is 13.4. The van der Waals surface area contributed by atoms with Crippen LogP contribution in [-0.4, -0.2) is 44.0 Å². The Bertz CT molecular complexity index is 1170. The lowest BCUT2D eigenvalue weighted by Crippen LogP contribution is -2.33. The van der Waals surface area contributed by atoms with Crippen molar-refractivity contribution in [2.24, 2.45) is 11.7 Å². The average molecular weight is 544 g/mol. The molecule has 0 saturated carbocycles. The minimum absolute atomic E-state index is 0.175. The largest absolute Gasteiger partial charge is 0.372 e. The molecule has 2 N–H and O–H groups in total. The van der Waals surface area contributed by atoms with Gasteiger partial charge in [0.25, 0.3) is 0 Å². The van der Waals surface area contributed by atoms with E-state index in [1.807, 2.05) is 52.0 Å². The fourth-order valence-electron chi connectivity index (χ4n) is 4.65. The quantitative estimate of drug-likeness (QED) is 0.272. The zero-order chi connectivity index (χ0) is 30.2. The van der Waals surface area contributed by atoms with Crippen LogP contribution >= 0.6 is 0 Å². The van der Waals surface area contributed by atoms with Crippen molar-refractivity contribution in [3.8, 4) is 12.3 Å². The van der Waals surface area contributed by atoms with Gasteiger partial charge in [0.2, 0.25) is 0 Å². The Morgan fingerprint density at radius 1 is 1.12 bits per heavy atom. The fourth-order valence-corrected chi connectivity index (χ4v) is 4.65. The molecule has 0 aromatic heterocycles. The third kappa shape index (κ3) is 11.0. The van der Waals surface area contributed by atoms with Gasteiger partial charge < -0.3 is 15.5 Å². The van der Waals surface area contributed by atoms with Crippen molar-refractivity contribution in [1.29, 1.82) is 0 Å². The first-order chi connectivity index (χ1) is 19.0. The summed E-state index contributed by atoms with van der Waals surface area (Å²) in [6.07, 6.45) is 12.7. The van der Waals surface area contributed by atoms with Gasteiger partial charge in [-0.3, -0.25) is 0 Å². The molecule has 1 saturated heterocycles. The number of allylic oxidation sites excluding steroid dienone is 4. The van der Waals surface area contributed by atoms with Gasteiger partial charge in [-0.15, -0.1) is 12.3 Å². The van der Waals surface area contributed by atoms with Crippen molar-refractivity contribution in [3.63, 3.8) is 0 Å². The van der Waals surface area contributed by atoms with Gasteiger partial charge in [0, 0.05) is 37.3 Å². The highest BCUT2D eigenvalue weighted by atomic mass is 19.1.